The Morgan fingerprint density at radius 3 is 2.57 bits per heavy atom. The number of hydrogen-bond acceptors (Lipinski definition) is 3. The number of hydrogen-bond donors (Lipinski definition) is 0. The summed E-state index contributed by atoms with van der Waals surface area (Å²) >= 11 is -2.12. The normalized spacial score (nSPS) is 24.6. The highest BCUT2D eigenvalue weighted by Gasteiger charge is 2.17. The standard InChI is InChI=1S/C10H16O3S/c1-10(2,3)13-8-4-6-9(7-5-8)14(11)12/h4,6-8H,5H2,1-3H3,(H,11,12)/p-1. The maximum atomic E-state index is 10.6. The maximum Gasteiger partial charge on any atom is 0.0801 e. The Labute approximate surface area is 87.1 Å². The molecule has 0 heterocycles. The van der Waals surface area contributed by atoms with E-state index in [1.807, 2.05) is 20.8 Å². The van der Waals surface area contributed by atoms with Gasteiger partial charge in [0.2, 0.25) is 0 Å². The highest BCUT2D eigenvalue weighted by atomic mass is 32.2. The third-order valence-corrected chi connectivity index (χ3v) is 2.41. The molecular weight excluding hydrogens is 200 g/mol. The molecule has 1 aliphatic carbocycles. The van der Waals surface area contributed by atoms with Gasteiger partial charge in [-0.3, -0.25) is 4.21 Å². The summed E-state index contributed by atoms with van der Waals surface area (Å²) in [6, 6.07) is 0. The predicted molar refractivity (Wildman–Crippen MR) is 55.4 cm³/mol. The molecule has 0 spiro atoms. The molecular formula is C10H15O3S-. The van der Waals surface area contributed by atoms with Crippen LogP contribution >= 0.6 is 0 Å². The zero-order valence-corrected chi connectivity index (χ0v) is 9.47. The van der Waals surface area contributed by atoms with Gasteiger partial charge in [-0.1, -0.05) is 12.2 Å². The van der Waals surface area contributed by atoms with Crippen LogP contribution in [0.2, 0.25) is 0 Å². The monoisotopic (exact) mass is 215 g/mol. The van der Waals surface area contributed by atoms with E-state index < -0.39 is 11.1 Å². The zero-order chi connectivity index (χ0) is 10.8. The van der Waals surface area contributed by atoms with Crippen molar-refractivity contribution in [1.29, 1.82) is 0 Å². The van der Waals surface area contributed by atoms with Crippen LogP contribution in [0.1, 0.15) is 27.2 Å². The third kappa shape index (κ3) is 3.74. The molecule has 3 nitrogen and oxygen atoms in total. The van der Waals surface area contributed by atoms with Crippen LogP contribution in [0.4, 0.5) is 0 Å². The van der Waals surface area contributed by atoms with Crippen molar-refractivity contribution in [3.8, 4) is 0 Å². The first-order valence-corrected chi connectivity index (χ1v) is 5.61. The predicted octanol–water partition coefficient (Wildman–Crippen LogP) is 1.89. The van der Waals surface area contributed by atoms with Crippen LogP contribution in [0, 0.1) is 0 Å². The van der Waals surface area contributed by atoms with Crippen molar-refractivity contribution in [3.63, 3.8) is 0 Å². The van der Waals surface area contributed by atoms with Crippen LogP contribution in [-0.2, 0) is 15.8 Å². The number of rotatable bonds is 2. The van der Waals surface area contributed by atoms with E-state index in [1.165, 1.54) is 0 Å². The summed E-state index contributed by atoms with van der Waals surface area (Å²) in [6.45, 7) is 5.93. The molecule has 0 aliphatic heterocycles. The maximum absolute atomic E-state index is 10.6. The van der Waals surface area contributed by atoms with Crippen molar-refractivity contribution in [3.05, 3.63) is 23.1 Å². The van der Waals surface area contributed by atoms with Gasteiger partial charge in [0.05, 0.1) is 11.7 Å². The van der Waals surface area contributed by atoms with Crippen LogP contribution in [0.15, 0.2) is 23.1 Å². The van der Waals surface area contributed by atoms with Gasteiger partial charge in [-0.15, -0.1) is 0 Å². The van der Waals surface area contributed by atoms with Crippen molar-refractivity contribution < 1.29 is 13.5 Å². The zero-order valence-electron chi connectivity index (χ0n) is 8.65. The Bertz CT molecular complexity index is 286. The largest absolute Gasteiger partial charge is 0.768 e. The fourth-order valence-corrected chi connectivity index (χ4v) is 1.67. The van der Waals surface area contributed by atoms with Gasteiger partial charge >= 0.3 is 0 Å². The van der Waals surface area contributed by atoms with E-state index in [9.17, 15) is 8.76 Å². The minimum absolute atomic E-state index is 0.0118. The minimum atomic E-state index is -2.12. The fraction of sp³-hybridized carbons (Fsp3) is 0.600. The Balaban J connectivity index is 2.53. The summed E-state index contributed by atoms with van der Waals surface area (Å²) in [7, 11) is 0. The van der Waals surface area contributed by atoms with Crippen molar-refractivity contribution in [2.45, 2.75) is 38.9 Å². The molecule has 0 radical (unpaired) electrons. The van der Waals surface area contributed by atoms with E-state index in [0.29, 0.717) is 11.3 Å². The SMILES string of the molecule is CC(C)(C)OC1C=CC(S(=O)[O-])=CC1. The average molecular weight is 215 g/mol. The lowest BCUT2D eigenvalue weighted by Gasteiger charge is -2.26. The smallest absolute Gasteiger partial charge is 0.0801 e. The molecule has 0 aromatic carbocycles. The Morgan fingerprint density at radius 1 is 1.57 bits per heavy atom. The van der Waals surface area contributed by atoms with Crippen molar-refractivity contribution in [2.75, 3.05) is 0 Å². The Hall–Kier alpha value is -0.450. The second-order valence-electron chi connectivity index (χ2n) is 4.20. The lowest BCUT2D eigenvalue weighted by atomic mass is 10.1. The average Bonchev–Trinajstić information content (AvgIpc) is 2.02. The van der Waals surface area contributed by atoms with E-state index in [0.717, 1.165) is 0 Å². The highest BCUT2D eigenvalue weighted by molar-refractivity contribution is 7.83. The van der Waals surface area contributed by atoms with Crippen molar-refractivity contribution in [2.24, 2.45) is 0 Å². The summed E-state index contributed by atoms with van der Waals surface area (Å²) < 4.78 is 26.8. The van der Waals surface area contributed by atoms with E-state index >= 15 is 0 Å². The highest BCUT2D eigenvalue weighted by Crippen LogP contribution is 2.20. The van der Waals surface area contributed by atoms with Gasteiger partial charge in [-0.25, -0.2) is 0 Å². The topological polar surface area (TPSA) is 49.4 Å². The second kappa shape index (κ2) is 4.38. The van der Waals surface area contributed by atoms with Gasteiger partial charge in [-0.05, 0) is 44.3 Å². The first-order chi connectivity index (χ1) is 6.38. The molecule has 14 heavy (non-hydrogen) atoms. The summed E-state index contributed by atoms with van der Waals surface area (Å²) in [5, 5.41) is 0. The van der Waals surface area contributed by atoms with Gasteiger partial charge < -0.3 is 9.29 Å². The first kappa shape index (κ1) is 11.6. The third-order valence-electron chi connectivity index (χ3n) is 1.72. The molecule has 0 amide bonds. The molecule has 80 valence electrons. The summed E-state index contributed by atoms with van der Waals surface area (Å²) in [5.74, 6) is 0. The molecule has 1 rings (SSSR count). The number of allylic oxidation sites excluding steroid dienone is 1. The fourth-order valence-electron chi connectivity index (χ4n) is 1.25. The van der Waals surface area contributed by atoms with Crippen LogP contribution < -0.4 is 0 Å². The van der Waals surface area contributed by atoms with Crippen LogP contribution in [-0.4, -0.2) is 20.5 Å². The molecule has 2 unspecified atom stereocenters. The second-order valence-corrected chi connectivity index (χ2v) is 5.15. The summed E-state index contributed by atoms with van der Waals surface area (Å²) in [6.07, 6.45) is 5.66. The Kier molecular flexibility index (Phi) is 3.64. The van der Waals surface area contributed by atoms with Gasteiger partial charge in [0.25, 0.3) is 0 Å². The van der Waals surface area contributed by atoms with Crippen LogP contribution in [0.25, 0.3) is 0 Å². The lowest BCUT2D eigenvalue weighted by Crippen LogP contribution is -2.26. The van der Waals surface area contributed by atoms with E-state index in [1.54, 1.807) is 18.2 Å². The first-order valence-electron chi connectivity index (χ1n) is 4.54. The van der Waals surface area contributed by atoms with E-state index in [-0.39, 0.29) is 11.7 Å². The molecule has 1 aliphatic rings. The molecule has 0 aromatic rings. The van der Waals surface area contributed by atoms with Crippen LogP contribution in [0.3, 0.4) is 0 Å². The molecule has 4 heteroatoms. The van der Waals surface area contributed by atoms with E-state index in [2.05, 4.69) is 0 Å². The molecule has 0 saturated carbocycles. The van der Waals surface area contributed by atoms with Crippen molar-refractivity contribution in [1.82, 2.24) is 0 Å². The molecule has 2 atom stereocenters. The van der Waals surface area contributed by atoms with Gasteiger partial charge in [-0.2, -0.15) is 0 Å². The quantitative estimate of drug-likeness (QED) is 0.661. The number of ether oxygens (including phenoxy) is 1. The molecule has 0 aromatic heterocycles. The summed E-state index contributed by atoms with van der Waals surface area (Å²) in [4.78, 5) is 0.346. The Morgan fingerprint density at radius 2 is 2.21 bits per heavy atom. The van der Waals surface area contributed by atoms with Crippen LogP contribution in [0.5, 0.6) is 0 Å². The van der Waals surface area contributed by atoms with E-state index in [4.69, 9.17) is 4.74 Å². The molecule has 0 saturated heterocycles. The van der Waals surface area contributed by atoms with Gasteiger partial charge in [0.1, 0.15) is 0 Å². The van der Waals surface area contributed by atoms with Gasteiger partial charge in [0.15, 0.2) is 0 Å². The van der Waals surface area contributed by atoms with Crippen molar-refractivity contribution >= 4 is 11.1 Å². The van der Waals surface area contributed by atoms with Gasteiger partial charge in [0, 0.05) is 4.91 Å². The minimum Gasteiger partial charge on any atom is -0.768 e. The molecule has 0 fully saturated rings. The summed E-state index contributed by atoms with van der Waals surface area (Å²) in [5.41, 5.74) is -0.197. The molecule has 0 N–H and O–H groups in total. The molecule has 0 bridgehead atoms. The lowest BCUT2D eigenvalue weighted by molar-refractivity contribution is -0.0368.